The quantitative estimate of drug-likeness (QED) is 0.343. The van der Waals surface area contributed by atoms with Gasteiger partial charge in [-0.2, -0.15) is 0 Å². The number of pyridine rings is 2. The lowest BCUT2D eigenvalue weighted by Crippen LogP contribution is -2.24. The molecule has 0 unspecified atom stereocenters. The summed E-state index contributed by atoms with van der Waals surface area (Å²) in [4.78, 5) is 22.5. The lowest BCUT2D eigenvalue weighted by molar-refractivity contribution is 0.0951. The van der Waals surface area contributed by atoms with Gasteiger partial charge in [0.15, 0.2) is 0 Å². The number of nitrogens with zero attached hydrogens (tertiary/aromatic N) is 2. The molecule has 4 rings (SSSR count). The summed E-state index contributed by atoms with van der Waals surface area (Å²) in [7, 11) is 0. The average Bonchev–Trinajstić information content (AvgIpc) is 3.32. The van der Waals surface area contributed by atoms with Crippen molar-refractivity contribution in [2.75, 3.05) is 11.9 Å². The molecule has 4 aromatic rings. The van der Waals surface area contributed by atoms with E-state index in [4.69, 9.17) is 0 Å². The maximum Gasteiger partial charge on any atom is 0.255 e. The number of hydrogen-bond acceptors (Lipinski definition) is 6. The van der Waals surface area contributed by atoms with Crippen molar-refractivity contribution in [3.8, 4) is 10.6 Å². The molecule has 3 heterocycles. The Morgan fingerprint density at radius 3 is 2.76 bits per heavy atom. The molecule has 3 N–H and O–H groups in total. The zero-order valence-corrected chi connectivity index (χ0v) is 18.6. The van der Waals surface area contributed by atoms with E-state index in [2.05, 4.69) is 20.6 Å². The highest BCUT2D eigenvalue weighted by Gasteiger charge is 2.16. The van der Waals surface area contributed by atoms with Crippen molar-refractivity contribution in [3.05, 3.63) is 100 Å². The zero-order chi connectivity index (χ0) is 23.0. The van der Waals surface area contributed by atoms with E-state index >= 15 is 0 Å². The third kappa shape index (κ3) is 5.79. The fourth-order valence-corrected chi connectivity index (χ4v) is 4.27. The van der Waals surface area contributed by atoms with Gasteiger partial charge in [0, 0.05) is 25.5 Å². The molecule has 168 valence electrons. The standard InChI is InChI=1S/C25H23FN4O2S/c26-20-5-1-3-17(13-20)8-11-28-24-21(25(32)29-15-18-4-2-10-27-14-18)6-7-22(30-24)23-19(16-31)9-12-33-23/h1-7,9-10,12-14,31H,8,11,15-16H2,(H,28,30)(H,29,32). The van der Waals surface area contributed by atoms with Crippen LogP contribution in [0, 0.1) is 5.82 Å². The highest BCUT2D eigenvalue weighted by molar-refractivity contribution is 7.13. The first kappa shape index (κ1) is 22.6. The van der Waals surface area contributed by atoms with Gasteiger partial charge in [0.25, 0.3) is 5.91 Å². The Morgan fingerprint density at radius 2 is 1.97 bits per heavy atom. The second kappa shape index (κ2) is 10.8. The van der Waals surface area contributed by atoms with E-state index in [1.807, 2.05) is 29.6 Å². The molecule has 0 aliphatic carbocycles. The number of nitrogens with one attached hydrogen (secondary N) is 2. The number of carbonyl (C=O) groups excluding carboxylic acids is 1. The van der Waals surface area contributed by atoms with Gasteiger partial charge in [0.1, 0.15) is 11.6 Å². The number of rotatable bonds is 9. The minimum atomic E-state index is -0.280. The molecule has 1 aromatic carbocycles. The third-order valence-electron chi connectivity index (χ3n) is 5.06. The Bertz CT molecular complexity index is 1230. The van der Waals surface area contributed by atoms with Crippen molar-refractivity contribution in [3.63, 3.8) is 0 Å². The summed E-state index contributed by atoms with van der Waals surface area (Å²) in [5.41, 5.74) is 3.60. The lowest BCUT2D eigenvalue weighted by atomic mass is 10.1. The number of carbonyl (C=O) groups is 1. The Labute approximate surface area is 195 Å². The van der Waals surface area contributed by atoms with Gasteiger partial charge in [-0.3, -0.25) is 9.78 Å². The number of halogens is 1. The Balaban J connectivity index is 1.55. The van der Waals surface area contributed by atoms with Crippen LogP contribution in [0.15, 0.2) is 72.4 Å². The molecule has 0 aliphatic heterocycles. The van der Waals surface area contributed by atoms with Gasteiger partial charge in [0.05, 0.1) is 22.7 Å². The summed E-state index contributed by atoms with van der Waals surface area (Å²) in [6, 6.07) is 15.5. The molecule has 6 nitrogen and oxygen atoms in total. The maximum absolute atomic E-state index is 13.5. The number of hydrogen-bond donors (Lipinski definition) is 3. The molecule has 0 fully saturated rings. The van der Waals surface area contributed by atoms with E-state index in [0.717, 1.165) is 21.6 Å². The highest BCUT2D eigenvalue weighted by Crippen LogP contribution is 2.30. The SMILES string of the molecule is O=C(NCc1cccnc1)c1ccc(-c2sccc2CO)nc1NCCc1cccc(F)c1. The Morgan fingerprint density at radius 1 is 1.09 bits per heavy atom. The van der Waals surface area contributed by atoms with E-state index < -0.39 is 0 Å². The summed E-state index contributed by atoms with van der Waals surface area (Å²) < 4.78 is 13.5. The molecule has 0 saturated carbocycles. The number of benzene rings is 1. The van der Waals surface area contributed by atoms with E-state index in [1.54, 1.807) is 30.6 Å². The van der Waals surface area contributed by atoms with Crippen LogP contribution < -0.4 is 10.6 Å². The van der Waals surface area contributed by atoms with Crippen LogP contribution in [0.1, 0.15) is 27.0 Å². The van der Waals surface area contributed by atoms with Crippen molar-refractivity contribution in [2.45, 2.75) is 19.6 Å². The van der Waals surface area contributed by atoms with E-state index in [-0.39, 0.29) is 18.3 Å². The molecule has 0 atom stereocenters. The second-order valence-corrected chi connectivity index (χ2v) is 8.29. The molecule has 33 heavy (non-hydrogen) atoms. The van der Waals surface area contributed by atoms with Crippen LogP contribution in [0.25, 0.3) is 10.6 Å². The molecule has 0 spiro atoms. The topological polar surface area (TPSA) is 87.1 Å². The first-order chi connectivity index (χ1) is 16.1. The monoisotopic (exact) mass is 462 g/mol. The maximum atomic E-state index is 13.5. The number of aromatic nitrogens is 2. The van der Waals surface area contributed by atoms with E-state index in [0.29, 0.717) is 36.6 Å². The summed E-state index contributed by atoms with van der Waals surface area (Å²) in [5, 5.41) is 17.6. The van der Waals surface area contributed by atoms with Crippen LogP contribution in [0.3, 0.4) is 0 Å². The molecule has 8 heteroatoms. The third-order valence-corrected chi connectivity index (χ3v) is 6.04. The smallest absolute Gasteiger partial charge is 0.255 e. The summed E-state index contributed by atoms with van der Waals surface area (Å²) in [5.74, 6) is -0.109. The first-order valence-corrected chi connectivity index (χ1v) is 11.4. The minimum Gasteiger partial charge on any atom is -0.392 e. The van der Waals surface area contributed by atoms with Crippen molar-refractivity contribution in [1.29, 1.82) is 0 Å². The van der Waals surface area contributed by atoms with Gasteiger partial charge in [-0.05, 0) is 64.9 Å². The highest BCUT2D eigenvalue weighted by atomic mass is 32.1. The van der Waals surface area contributed by atoms with Crippen LogP contribution in [0.2, 0.25) is 0 Å². The molecule has 0 aliphatic rings. The second-order valence-electron chi connectivity index (χ2n) is 7.38. The molecule has 0 bridgehead atoms. The largest absolute Gasteiger partial charge is 0.392 e. The minimum absolute atomic E-state index is 0.0871. The van der Waals surface area contributed by atoms with E-state index in [9.17, 15) is 14.3 Å². The lowest BCUT2D eigenvalue weighted by Gasteiger charge is -2.13. The molecule has 0 saturated heterocycles. The van der Waals surface area contributed by atoms with Crippen molar-refractivity contribution < 1.29 is 14.3 Å². The van der Waals surface area contributed by atoms with Crippen molar-refractivity contribution in [1.82, 2.24) is 15.3 Å². The van der Waals surface area contributed by atoms with Crippen molar-refractivity contribution >= 4 is 23.1 Å². The van der Waals surface area contributed by atoms with Crippen LogP contribution in [0.5, 0.6) is 0 Å². The van der Waals surface area contributed by atoms with Gasteiger partial charge in [-0.25, -0.2) is 9.37 Å². The number of aliphatic hydroxyl groups is 1. The predicted molar refractivity (Wildman–Crippen MR) is 127 cm³/mol. The summed E-state index contributed by atoms with van der Waals surface area (Å²) in [6.07, 6.45) is 3.95. The van der Waals surface area contributed by atoms with Gasteiger partial charge in [0.2, 0.25) is 0 Å². The molecule has 0 radical (unpaired) electrons. The van der Waals surface area contributed by atoms with Gasteiger partial charge < -0.3 is 15.7 Å². The van der Waals surface area contributed by atoms with Gasteiger partial charge in [-0.1, -0.05) is 18.2 Å². The summed E-state index contributed by atoms with van der Waals surface area (Å²) >= 11 is 1.48. The number of amides is 1. The number of anilines is 1. The normalized spacial score (nSPS) is 10.7. The molecule has 3 aromatic heterocycles. The Hall–Kier alpha value is -3.62. The van der Waals surface area contributed by atoms with Crippen LogP contribution in [-0.4, -0.2) is 27.5 Å². The predicted octanol–water partition coefficient (Wildman–Crippen LogP) is 4.42. The van der Waals surface area contributed by atoms with Gasteiger partial charge >= 0.3 is 0 Å². The van der Waals surface area contributed by atoms with Gasteiger partial charge in [-0.15, -0.1) is 11.3 Å². The van der Waals surface area contributed by atoms with Crippen LogP contribution in [0.4, 0.5) is 10.2 Å². The average molecular weight is 463 g/mol. The zero-order valence-electron chi connectivity index (χ0n) is 17.8. The van der Waals surface area contributed by atoms with Crippen LogP contribution >= 0.6 is 11.3 Å². The van der Waals surface area contributed by atoms with Crippen molar-refractivity contribution in [2.24, 2.45) is 0 Å². The molecular formula is C25H23FN4O2S. The van der Waals surface area contributed by atoms with Crippen LogP contribution in [-0.2, 0) is 19.6 Å². The molecule has 1 amide bonds. The first-order valence-electron chi connectivity index (χ1n) is 10.5. The fraction of sp³-hybridized carbons (Fsp3) is 0.160. The van der Waals surface area contributed by atoms with E-state index in [1.165, 1.54) is 23.5 Å². The summed E-state index contributed by atoms with van der Waals surface area (Å²) in [6.45, 7) is 0.729. The molecular weight excluding hydrogens is 439 g/mol. The number of aliphatic hydroxyl groups excluding tert-OH is 1. The Kier molecular flexibility index (Phi) is 7.39. The fourth-order valence-electron chi connectivity index (χ4n) is 3.39. The number of thiophene rings is 1.